The molecule has 3 saturated carbocycles. The zero-order chi connectivity index (χ0) is 32.2. The number of pyridine rings is 1. The number of hydrogen-bond donors (Lipinski definition) is 1. The number of nitrogens with zero attached hydrogens (tertiary/aromatic N) is 8. The number of fused-ring (bicyclic) bond motifs is 1. The SMILES string of the molecule is O=C(Nc1cn(PI)nc1-c1cc2c(cn1)c(N1CC(OC3CC3)C1)nn2CC1(F)CC1)N1CCN(CC(F)F)CC12CC2.P[Te]. The number of carbonyl (C=O) groups excluding carboxylic acids is 1. The van der Waals surface area contributed by atoms with Crippen LogP contribution in [0.5, 0.6) is 0 Å². The van der Waals surface area contributed by atoms with Crippen molar-refractivity contribution in [3.63, 3.8) is 0 Å². The summed E-state index contributed by atoms with van der Waals surface area (Å²) in [6.45, 7) is 5.08. The van der Waals surface area contributed by atoms with Gasteiger partial charge in [0.15, 0.2) is 5.82 Å². The van der Waals surface area contributed by atoms with Crippen molar-refractivity contribution in [3.05, 3.63) is 18.5 Å². The number of halogens is 4. The fourth-order valence-electron chi connectivity index (χ4n) is 6.45. The van der Waals surface area contributed by atoms with Crippen LogP contribution in [-0.2, 0) is 11.3 Å². The fourth-order valence-corrected chi connectivity index (χ4v) is 7.51. The van der Waals surface area contributed by atoms with Crippen LogP contribution in [-0.4, -0.2) is 131 Å². The van der Waals surface area contributed by atoms with E-state index in [1.807, 2.05) is 27.8 Å². The predicted octanol–water partition coefficient (Wildman–Crippen LogP) is 4.85. The average Bonchev–Trinajstić information content (AvgIpc) is 3.98. The summed E-state index contributed by atoms with van der Waals surface area (Å²) in [5, 5.41) is 13.5. The molecule has 2 atom stereocenters. The van der Waals surface area contributed by atoms with Crippen molar-refractivity contribution >= 4 is 85.5 Å². The summed E-state index contributed by atoms with van der Waals surface area (Å²) >= 11 is 4.09. The number of urea groups is 1. The Kier molecular flexibility index (Phi) is 9.73. The van der Waals surface area contributed by atoms with Crippen molar-refractivity contribution in [3.8, 4) is 11.4 Å². The van der Waals surface area contributed by atoms with E-state index in [9.17, 15) is 13.6 Å². The number of rotatable bonds is 10. The standard InChI is InChI=1S/C28H34F3IN9O2P.H2PTe/c29-23(30)14-37-7-8-39(28(16-37)5-6-28)26(42)34-21-13-41(44-32)35-24(21)20-9-22-19(10-33-20)25(36-40(22)15-27(31)3-4-27)38-11-18(12-38)43-17-1-2-17;1-2/h9-10,13,17-18,23,44H,1-8,11-12,14-16H2,(H,34,42);1H2. The molecule has 2 unspecified atom stereocenters. The van der Waals surface area contributed by atoms with Crippen LogP contribution in [0.2, 0.25) is 0 Å². The van der Waals surface area contributed by atoms with E-state index < -0.39 is 17.6 Å². The van der Waals surface area contributed by atoms with Gasteiger partial charge < -0.3 is 19.9 Å². The van der Waals surface area contributed by atoms with Gasteiger partial charge in [-0.15, -0.1) is 0 Å². The summed E-state index contributed by atoms with van der Waals surface area (Å²) in [6, 6.07) is 1.62. The van der Waals surface area contributed by atoms with E-state index in [4.69, 9.17) is 19.9 Å². The molecule has 1 radical (unpaired) electrons. The van der Waals surface area contributed by atoms with Gasteiger partial charge in [0.1, 0.15) is 11.4 Å². The Morgan fingerprint density at radius 1 is 1.17 bits per heavy atom. The van der Waals surface area contributed by atoms with Crippen molar-refractivity contribution in [2.75, 3.05) is 49.5 Å². The molecule has 5 heterocycles. The number of carbonyl (C=O) groups is 1. The first-order chi connectivity index (χ1) is 22.2. The molecule has 5 aliphatic rings. The van der Waals surface area contributed by atoms with E-state index >= 15 is 4.39 Å². The van der Waals surface area contributed by atoms with E-state index in [1.165, 1.54) is 0 Å². The van der Waals surface area contributed by atoms with Gasteiger partial charge in [-0.2, -0.15) is 10.2 Å². The Morgan fingerprint density at radius 2 is 1.93 bits per heavy atom. The van der Waals surface area contributed by atoms with Gasteiger partial charge in [0.05, 0.1) is 65.7 Å². The Hall–Kier alpha value is -1.01. The minimum absolute atomic E-state index is 0.176. The number of ether oxygens (including phenoxy) is 1. The summed E-state index contributed by atoms with van der Waals surface area (Å²) < 4.78 is 50.6. The summed E-state index contributed by atoms with van der Waals surface area (Å²) in [5.41, 5.74) is 0.727. The third kappa shape index (κ3) is 7.01. The van der Waals surface area contributed by atoms with Crippen LogP contribution in [0.25, 0.3) is 22.3 Å². The molecule has 11 nitrogen and oxygen atoms in total. The number of amides is 2. The van der Waals surface area contributed by atoms with Crippen LogP contribution in [0.1, 0.15) is 38.5 Å². The molecule has 3 aromatic heterocycles. The molecule has 0 aromatic carbocycles. The van der Waals surface area contributed by atoms with Crippen molar-refractivity contribution < 1.29 is 22.7 Å². The third-order valence-electron chi connectivity index (χ3n) is 9.38. The molecule has 3 aromatic rings. The Bertz CT molecular complexity index is 1600. The number of hydrogen-bond acceptors (Lipinski definition) is 7. The van der Waals surface area contributed by atoms with Crippen molar-refractivity contribution in [2.24, 2.45) is 0 Å². The van der Waals surface area contributed by atoms with Crippen molar-refractivity contribution in [1.29, 1.82) is 0 Å². The van der Waals surface area contributed by atoms with Crippen LogP contribution in [0.4, 0.5) is 29.5 Å². The first-order valence-corrected chi connectivity index (χ1v) is 24.0. The Morgan fingerprint density at radius 3 is 2.59 bits per heavy atom. The first kappa shape index (κ1) is 33.5. The second kappa shape index (κ2) is 13.4. The van der Waals surface area contributed by atoms with Gasteiger partial charge >= 0.3 is 34.7 Å². The molecule has 18 heteroatoms. The molecule has 2 aliphatic heterocycles. The zero-order valence-electron chi connectivity index (χ0n) is 25.0. The molecule has 5 fully saturated rings. The van der Waals surface area contributed by atoms with Crippen molar-refractivity contribution in [1.82, 2.24) is 34.1 Å². The monoisotopic (exact) mass is 906 g/mol. The Balaban J connectivity index is 0.00000166. The fraction of sp³-hybridized carbons (Fsp3) is 0.643. The molecule has 1 N–H and O–H groups in total. The topological polar surface area (TPSA) is 96.6 Å². The molecule has 2 amide bonds. The van der Waals surface area contributed by atoms with Gasteiger partial charge in [-0.05, 0) is 66.6 Å². The number of nitrogens with one attached hydrogen (secondary N) is 1. The molecular weight excluding hydrogens is 868 g/mol. The Labute approximate surface area is 294 Å². The number of alkyl halides is 3. The normalized spacial score (nSPS) is 22.1. The zero-order valence-corrected chi connectivity index (χ0v) is 31.7. The molecular formula is C28H36F3IN9O2P2Te. The molecule has 1 spiro atoms. The molecule has 3 aliphatic carbocycles. The summed E-state index contributed by atoms with van der Waals surface area (Å²) in [7, 11) is 0. The van der Waals surface area contributed by atoms with Gasteiger partial charge in [0, 0.05) is 38.9 Å². The molecule has 0 bridgehead atoms. The first-order valence-electron chi connectivity index (χ1n) is 15.5. The maximum absolute atomic E-state index is 15.0. The van der Waals surface area contributed by atoms with Crippen LogP contribution in [0, 0.1) is 0 Å². The van der Waals surface area contributed by atoms with Crippen molar-refractivity contribution in [2.45, 2.75) is 74.9 Å². The molecule has 2 saturated heterocycles. The van der Waals surface area contributed by atoms with E-state index in [1.54, 1.807) is 31.3 Å². The van der Waals surface area contributed by atoms with E-state index in [-0.39, 0.29) is 25.2 Å². The third-order valence-corrected chi connectivity index (χ3v) is 11.3. The predicted molar refractivity (Wildman–Crippen MR) is 185 cm³/mol. The number of piperazine rings is 1. The summed E-state index contributed by atoms with van der Waals surface area (Å²) in [4.78, 5) is 24.1. The van der Waals surface area contributed by atoms with E-state index in [2.05, 4.69) is 39.2 Å². The van der Waals surface area contributed by atoms with E-state index in [0.29, 0.717) is 62.0 Å². The number of aromatic nitrogens is 5. The maximum atomic E-state index is 15.0. The second-order valence-corrected chi connectivity index (χ2v) is 15.0. The van der Waals surface area contributed by atoms with Crippen LogP contribution < -0.4 is 10.2 Å². The van der Waals surface area contributed by atoms with Crippen LogP contribution in [0.15, 0.2) is 18.5 Å². The summed E-state index contributed by atoms with van der Waals surface area (Å²) in [6.07, 6.45) is 6.97. The molecule has 249 valence electrons. The van der Waals surface area contributed by atoms with Crippen LogP contribution >= 0.6 is 35.3 Å². The second-order valence-electron chi connectivity index (χ2n) is 12.9. The van der Waals surface area contributed by atoms with Crippen LogP contribution in [0.3, 0.4) is 0 Å². The van der Waals surface area contributed by atoms with Gasteiger partial charge in [0.25, 0.3) is 6.43 Å². The van der Waals surface area contributed by atoms with E-state index in [0.717, 1.165) is 55.5 Å². The minimum atomic E-state index is -2.39. The van der Waals surface area contributed by atoms with Gasteiger partial charge in [-0.3, -0.25) is 14.6 Å². The van der Waals surface area contributed by atoms with Gasteiger partial charge in [-0.1, -0.05) is 0 Å². The summed E-state index contributed by atoms with van der Waals surface area (Å²) in [5.74, 6) is 0.785. The quantitative estimate of drug-likeness (QED) is 0.177. The molecule has 8 rings (SSSR count). The number of anilines is 2. The average molecular weight is 904 g/mol. The molecule has 46 heavy (non-hydrogen) atoms. The van der Waals surface area contributed by atoms with Gasteiger partial charge in [0.2, 0.25) is 0 Å². The van der Waals surface area contributed by atoms with Gasteiger partial charge in [-0.25, -0.2) is 22.4 Å².